The first kappa shape index (κ1) is 26.5. The van der Waals surface area contributed by atoms with Crippen LogP contribution in [0.4, 0.5) is 5.69 Å². The third kappa shape index (κ3) is 4.98. The first-order chi connectivity index (χ1) is 18.5. The Morgan fingerprint density at radius 1 is 1.13 bits per heavy atom. The van der Waals surface area contributed by atoms with Crippen LogP contribution in [0.1, 0.15) is 76.6 Å². The van der Waals surface area contributed by atoms with E-state index in [1.54, 1.807) is 17.5 Å². The Kier molecular flexibility index (Phi) is 7.89. The molecule has 0 bridgehead atoms. The Bertz CT molecular complexity index is 1500. The molecule has 6 nitrogen and oxygen atoms in total. The molecule has 0 atom stereocenters. The van der Waals surface area contributed by atoms with Gasteiger partial charge in [0.15, 0.2) is 10.7 Å². The molecule has 1 aliphatic rings. The van der Waals surface area contributed by atoms with Crippen molar-refractivity contribution in [2.75, 3.05) is 11.4 Å². The number of hydrogen-bond donors (Lipinski definition) is 1. The summed E-state index contributed by atoms with van der Waals surface area (Å²) in [5, 5.41) is 16.1. The second-order valence-electron chi connectivity index (χ2n) is 10.3. The van der Waals surface area contributed by atoms with Crippen LogP contribution in [-0.4, -0.2) is 31.3 Å². The quantitative estimate of drug-likeness (QED) is 0.161. The van der Waals surface area contributed by atoms with Crippen LogP contribution in [0.25, 0.3) is 22.6 Å². The predicted octanol–water partition coefficient (Wildman–Crippen LogP) is 8.22. The lowest BCUT2D eigenvalue weighted by atomic mass is 9.84. The van der Waals surface area contributed by atoms with E-state index >= 15 is 0 Å². The topological polar surface area (TPSA) is 62.1 Å². The summed E-state index contributed by atoms with van der Waals surface area (Å²) in [4.78, 5) is 6.87. The van der Waals surface area contributed by atoms with Crippen molar-refractivity contribution >= 4 is 40.3 Å². The van der Waals surface area contributed by atoms with Crippen LogP contribution in [0.15, 0.2) is 53.4 Å². The molecule has 38 heavy (non-hydrogen) atoms. The van der Waals surface area contributed by atoms with Crippen molar-refractivity contribution < 1.29 is 0 Å². The van der Waals surface area contributed by atoms with Crippen LogP contribution in [0.5, 0.6) is 0 Å². The minimum Gasteiger partial charge on any atom is -0.344 e. The summed E-state index contributed by atoms with van der Waals surface area (Å²) in [6, 6.07) is 6.25. The first-order valence-corrected chi connectivity index (χ1v) is 14.8. The zero-order valence-corrected chi connectivity index (χ0v) is 24.2. The number of anilines is 1. The number of rotatable bonds is 10. The number of benzene rings is 1. The predicted molar refractivity (Wildman–Crippen MR) is 159 cm³/mol. The number of aryl methyl sites for hydroxylation is 1. The van der Waals surface area contributed by atoms with Gasteiger partial charge in [-0.3, -0.25) is 5.10 Å². The lowest BCUT2D eigenvalue weighted by molar-refractivity contribution is 0.624. The van der Waals surface area contributed by atoms with Gasteiger partial charge in [-0.05, 0) is 61.3 Å². The maximum absolute atomic E-state index is 6.39. The number of aromatic nitrogens is 5. The summed E-state index contributed by atoms with van der Waals surface area (Å²) in [6.45, 7) is 9.99. The van der Waals surface area contributed by atoms with Crippen molar-refractivity contribution in [3.8, 4) is 10.8 Å². The van der Waals surface area contributed by atoms with Crippen molar-refractivity contribution in [3.63, 3.8) is 0 Å². The highest BCUT2D eigenvalue weighted by Gasteiger charge is 2.39. The van der Waals surface area contributed by atoms with E-state index in [0.29, 0.717) is 0 Å². The van der Waals surface area contributed by atoms with Gasteiger partial charge in [-0.2, -0.15) is 0 Å². The maximum atomic E-state index is 6.39. The van der Waals surface area contributed by atoms with Crippen molar-refractivity contribution in [2.24, 2.45) is 0 Å². The molecule has 1 aliphatic heterocycles. The number of allylic oxidation sites excluding steroid dienone is 3. The van der Waals surface area contributed by atoms with Gasteiger partial charge >= 0.3 is 0 Å². The molecule has 0 fully saturated rings. The van der Waals surface area contributed by atoms with Crippen LogP contribution in [-0.2, 0) is 11.8 Å². The van der Waals surface area contributed by atoms with Gasteiger partial charge in [-0.1, -0.05) is 58.6 Å². The Morgan fingerprint density at radius 3 is 2.74 bits per heavy atom. The van der Waals surface area contributed by atoms with E-state index in [0.717, 1.165) is 65.0 Å². The molecule has 1 N–H and O–H groups in total. The third-order valence-electron chi connectivity index (χ3n) is 7.28. The van der Waals surface area contributed by atoms with Crippen LogP contribution in [0.2, 0.25) is 5.02 Å². The van der Waals surface area contributed by atoms with E-state index < -0.39 is 0 Å². The average molecular weight is 547 g/mol. The summed E-state index contributed by atoms with van der Waals surface area (Å²) in [5.41, 5.74) is 10.1. The highest BCUT2D eigenvalue weighted by Crippen LogP contribution is 2.48. The highest BCUT2D eigenvalue weighted by molar-refractivity contribution is 7.13. The molecule has 0 saturated heterocycles. The van der Waals surface area contributed by atoms with E-state index in [4.69, 9.17) is 11.6 Å². The molecule has 4 heterocycles. The molecule has 198 valence electrons. The number of nitrogens with one attached hydrogen (secondary N) is 1. The molecule has 1 aromatic carbocycles. The molecule has 0 amide bonds. The molecule has 0 aliphatic carbocycles. The molecule has 0 radical (unpaired) electrons. The second-order valence-corrected chi connectivity index (χ2v) is 11.6. The minimum atomic E-state index is -0.144. The normalized spacial score (nSPS) is 15.3. The van der Waals surface area contributed by atoms with E-state index in [2.05, 4.69) is 76.8 Å². The maximum Gasteiger partial charge on any atom is 0.212 e. The number of H-pyrrole nitrogens is 1. The Labute approximate surface area is 233 Å². The molecule has 4 aromatic rings. The van der Waals surface area contributed by atoms with Crippen molar-refractivity contribution in [1.82, 2.24) is 24.8 Å². The van der Waals surface area contributed by atoms with Crippen molar-refractivity contribution in [3.05, 3.63) is 75.2 Å². The van der Waals surface area contributed by atoms with Gasteiger partial charge in [-0.25, -0.2) is 9.50 Å². The Balaban J connectivity index is 1.51. The summed E-state index contributed by atoms with van der Waals surface area (Å²) in [7, 11) is 0. The van der Waals surface area contributed by atoms with Crippen LogP contribution >= 0.6 is 22.9 Å². The number of thiazole rings is 1. The second kappa shape index (κ2) is 11.3. The molecule has 0 unspecified atom stereocenters. The zero-order valence-electron chi connectivity index (χ0n) is 22.6. The molecule has 0 spiro atoms. The summed E-state index contributed by atoms with van der Waals surface area (Å²) in [5.74, 6) is 0.744. The molecular formula is C30H35ClN6S. The fourth-order valence-electron chi connectivity index (χ4n) is 5.22. The van der Waals surface area contributed by atoms with E-state index in [-0.39, 0.29) is 5.41 Å². The van der Waals surface area contributed by atoms with E-state index in [1.165, 1.54) is 29.8 Å². The smallest absolute Gasteiger partial charge is 0.212 e. The monoisotopic (exact) mass is 546 g/mol. The first-order valence-electron chi connectivity index (χ1n) is 13.5. The largest absolute Gasteiger partial charge is 0.344 e. The fourth-order valence-corrected chi connectivity index (χ4v) is 6.01. The Hall–Kier alpha value is -3.12. The SMILES string of the molecule is CCCCCc1[nH]n2c(-c3nccs3)nnc2c1C=C=CC=C1N(CCCC)c2ccc(Cl)cc2C1(C)C. The van der Waals surface area contributed by atoms with Crippen LogP contribution in [0.3, 0.4) is 0 Å². The molecule has 3 aromatic heterocycles. The van der Waals surface area contributed by atoms with Gasteiger partial charge in [0, 0.05) is 51.2 Å². The van der Waals surface area contributed by atoms with Gasteiger partial charge in [-0.15, -0.1) is 27.3 Å². The molecular weight excluding hydrogens is 512 g/mol. The number of fused-ring (bicyclic) bond motifs is 2. The third-order valence-corrected chi connectivity index (χ3v) is 8.29. The lowest BCUT2D eigenvalue weighted by Gasteiger charge is -2.26. The number of halogens is 1. The number of unbranched alkanes of at least 4 members (excludes halogenated alkanes) is 3. The summed E-state index contributed by atoms with van der Waals surface area (Å²) in [6.07, 6.45) is 14.8. The van der Waals surface area contributed by atoms with Crippen LogP contribution in [0, 0.1) is 0 Å². The average Bonchev–Trinajstić information content (AvgIpc) is 3.66. The lowest BCUT2D eigenvalue weighted by Crippen LogP contribution is -2.26. The van der Waals surface area contributed by atoms with E-state index in [9.17, 15) is 0 Å². The highest BCUT2D eigenvalue weighted by atomic mass is 35.5. The van der Waals surface area contributed by atoms with E-state index in [1.807, 2.05) is 28.1 Å². The number of aromatic amines is 1. The standard InChI is InChI=1S/C30H35ClN6S/c1-5-7-9-13-24-22(27-33-34-28(37(27)35-24)29-32-17-19-38-29)12-10-11-14-26-30(3,4)23-20-21(31)15-16-25(23)36(26)18-8-6-2/h11-12,14-17,19-20,35H,5-9,13,18H2,1-4H3. The molecule has 5 rings (SSSR count). The van der Waals surface area contributed by atoms with Crippen molar-refractivity contribution in [2.45, 2.75) is 71.6 Å². The van der Waals surface area contributed by atoms with Gasteiger partial charge in [0.05, 0.1) is 0 Å². The molecule has 0 saturated carbocycles. The zero-order chi connectivity index (χ0) is 26.7. The van der Waals surface area contributed by atoms with Gasteiger partial charge in [0.25, 0.3) is 0 Å². The van der Waals surface area contributed by atoms with Gasteiger partial charge in [0.2, 0.25) is 5.82 Å². The van der Waals surface area contributed by atoms with Gasteiger partial charge < -0.3 is 4.90 Å². The summed E-state index contributed by atoms with van der Waals surface area (Å²) >= 11 is 7.96. The van der Waals surface area contributed by atoms with Gasteiger partial charge in [0.1, 0.15) is 0 Å². The number of nitrogens with zero attached hydrogens (tertiary/aromatic N) is 5. The Morgan fingerprint density at radius 2 is 1.97 bits per heavy atom. The van der Waals surface area contributed by atoms with Crippen LogP contribution < -0.4 is 4.90 Å². The van der Waals surface area contributed by atoms with Crippen molar-refractivity contribution in [1.29, 1.82) is 0 Å². The molecule has 8 heteroatoms. The number of hydrogen-bond acceptors (Lipinski definition) is 5. The summed E-state index contributed by atoms with van der Waals surface area (Å²) < 4.78 is 1.96. The fraction of sp³-hybridized carbons (Fsp3) is 0.400. The minimum absolute atomic E-state index is 0.144.